The third-order valence-electron chi connectivity index (χ3n) is 8.95. The Morgan fingerprint density at radius 3 is 2.21 bits per heavy atom. The molecule has 2 atom stereocenters. The van der Waals surface area contributed by atoms with Crippen molar-refractivity contribution in [2.75, 3.05) is 13.7 Å². The third kappa shape index (κ3) is 10.8. The quantitative estimate of drug-likeness (QED) is 0.0461. The molecule has 0 aliphatic carbocycles. The maximum Gasteiger partial charge on any atom is 0.338 e. The van der Waals surface area contributed by atoms with E-state index in [2.05, 4.69) is 15.6 Å². The fourth-order valence-electron chi connectivity index (χ4n) is 6.03. The van der Waals surface area contributed by atoms with Crippen molar-refractivity contribution in [1.82, 2.24) is 21.1 Å². The van der Waals surface area contributed by atoms with Crippen LogP contribution in [0.15, 0.2) is 109 Å². The molecule has 5 rings (SSSR count). The minimum atomic E-state index is -0.935. The monoisotopic (exact) mass is 704 g/mol. The molecule has 52 heavy (non-hydrogen) atoms. The summed E-state index contributed by atoms with van der Waals surface area (Å²) in [5.41, 5.74) is 6.69. The smallest absolute Gasteiger partial charge is 0.338 e. The number of ether oxygens (including phenoxy) is 2. The number of carbonyl (C=O) groups excluding carboxylic acids is 4. The Labute approximate surface area is 302 Å². The van der Waals surface area contributed by atoms with E-state index in [1.165, 1.54) is 0 Å². The Balaban J connectivity index is 1.21. The van der Waals surface area contributed by atoms with Crippen molar-refractivity contribution in [1.29, 1.82) is 0 Å². The van der Waals surface area contributed by atoms with E-state index in [-0.39, 0.29) is 31.9 Å². The fourth-order valence-corrected chi connectivity index (χ4v) is 6.03. The van der Waals surface area contributed by atoms with E-state index < -0.39 is 29.7 Å². The Bertz CT molecular complexity index is 1920. The van der Waals surface area contributed by atoms with Gasteiger partial charge in [-0.15, -0.1) is 0 Å². The molecule has 11 nitrogen and oxygen atoms in total. The molecule has 0 fully saturated rings. The highest BCUT2D eigenvalue weighted by Crippen LogP contribution is 2.21. The van der Waals surface area contributed by atoms with Crippen molar-refractivity contribution >= 4 is 34.6 Å². The van der Waals surface area contributed by atoms with Crippen LogP contribution >= 0.6 is 0 Å². The molecule has 1 aromatic heterocycles. The molecule has 4 aromatic carbocycles. The summed E-state index contributed by atoms with van der Waals surface area (Å²) in [6.07, 6.45) is 3.94. The van der Waals surface area contributed by atoms with Gasteiger partial charge in [0.2, 0.25) is 17.7 Å². The summed E-state index contributed by atoms with van der Waals surface area (Å²) in [4.78, 5) is 55.4. The summed E-state index contributed by atoms with van der Waals surface area (Å²) in [5.74, 6) is -1.96. The van der Waals surface area contributed by atoms with Crippen molar-refractivity contribution in [3.05, 3.63) is 137 Å². The lowest BCUT2D eigenvalue weighted by molar-refractivity contribution is -0.136. The molecule has 0 aliphatic heterocycles. The lowest BCUT2D eigenvalue weighted by Crippen LogP contribution is -2.50. The number of hydroxylamine groups is 1. The van der Waals surface area contributed by atoms with E-state index in [4.69, 9.17) is 9.47 Å². The number of hydrogen-bond acceptors (Lipinski definition) is 7. The highest BCUT2D eigenvalue weighted by atomic mass is 16.5. The van der Waals surface area contributed by atoms with Gasteiger partial charge in [0, 0.05) is 42.4 Å². The number of aromatic nitrogens is 1. The molecule has 1 heterocycles. The predicted molar refractivity (Wildman–Crippen MR) is 197 cm³/mol. The molecular formula is C41H44N4O7. The largest absolute Gasteiger partial charge is 0.497 e. The number of H-pyrrole nitrogens is 1. The summed E-state index contributed by atoms with van der Waals surface area (Å²) in [5, 5.41) is 16.0. The molecule has 3 amide bonds. The van der Waals surface area contributed by atoms with E-state index in [1.807, 2.05) is 97.2 Å². The zero-order valence-electron chi connectivity index (χ0n) is 29.1. The summed E-state index contributed by atoms with van der Waals surface area (Å²) < 4.78 is 10.6. The van der Waals surface area contributed by atoms with Gasteiger partial charge in [0.15, 0.2) is 0 Å². The number of esters is 1. The van der Waals surface area contributed by atoms with Gasteiger partial charge < -0.3 is 25.1 Å². The molecule has 0 aliphatic rings. The van der Waals surface area contributed by atoms with Crippen LogP contribution in [0, 0.1) is 5.92 Å². The second-order valence-corrected chi connectivity index (χ2v) is 12.6. The number of methoxy groups -OCH3 is 1. The number of fused-ring (bicyclic) bond motifs is 1. The summed E-state index contributed by atoms with van der Waals surface area (Å²) in [6.45, 7) is 0.470. The number of para-hydroxylation sites is 1. The normalized spacial score (nSPS) is 12.0. The van der Waals surface area contributed by atoms with E-state index in [1.54, 1.807) is 24.7 Å². The van der Waals surface area contributed by atoms with Crippen molar-refractivity contribution in [3.8, 4) is 5.75 Å². The minimum Gasteiger partial charge on any atom is -0.497 e. The van der Waals surface area contributed by atoms with Gasteiger partial charge in [-0.25, -0.2) is 10.3 Å². The maximum atomic E-state index is 13.7. The molecule has 0 bridgehead atoms. The Morgan fingerprint density at radius 1 is 0.788 bits per heavy atom. The number of benzene rings is 4. The highest BCUT2D eigenvalue weighted by Gasteiger charge is 2.28. The molecule has 5 aromatic rings. The summed E-state index contributed by atoms with van der Waals surface area (Å²) in [6, 6.07) is 30.9. The van der Waals surface area contributed by atoms with Crippen LogP contribution < -0.4 is 20.9 Å². The first-order valence-corrected chi connectivity index (χ1v) is 17.3. The van der Waals surface area contributed by atoms with Gasteiger partial charge in [-0.05, 0) is 78.3 Å². The first-order chi connectivity index (χ1) is 25.3. The maximum absolute atomic E-state index is 13.7. The Morgan fingerprint density at radius 2 is 1.48 bits per heavy atom. The van der Waals surface area contributed by atoms with Gasteiger partial charge in [0.1, 0.15) is 18.4 Å². The van der Waals surface area contributed by atoms with Gasteiger partial charge in [0.25, 0.3) is 0 Å². The SMILES string of the molecule is COc1ccc(CCC[C@H](CC(=O)NO)C(=O)N[C@@H](Cc2c[nH]c3ccccc23)C(=O)NCCc2ccc(C(=O)OCc3ccccc3)cc2)cc1. The molecule has 0 saturated carbocycles. The highest BCUT2D eigenvalue weighted by molar-refractivity contribution is 5.92. The van der Waals surface area contributed by atoms with Crippen LogP contribution in [0.5, 0.6) is 5.75 Å². The zero-order valence-corrected chi connectivity index (χ0v) is 29.1. The Hall–Kier alpha value is -5.94. The van der Waals surface area contributed by atoms with Gasteiger partial charge in [-0.2, -0.15) is 0 Å². The lowest BCUT2D eigenvalue weighted by Gasteiger charge is -2.22. The van der Waals surface area contributed by atoms with Gasteiger partial charge >= 0.3 is 5.97 Å². The van der Waals surface area contributed by atoms with E-state index >= 15 is 0 Å². The number of aryl methyl sites for hydroxylation is 1. The molecule has 0 saturated heterocycles. The molecular weight excluding hydrogens is 660 g/mol. The van der Waals surface area contributed by atoms with Crippen LogP contribution in [0.1, 0.15) is 51.9 Å². The van der Waals surface area contributed by atoms with E-state index in [9.17, 15) is 24.4 Å². The number of aromatic amines is 1. The average Bonchev–Trinajstić information content (AvgIpc) is 3.59. The minimum absolute atomic E-state index is 0.183. The van der Waals surface area contributed by atoms with Crippen LogP contribution in [0.25, 0.3) is 10.9 Å². The van der Waals surface area contributed by atoms with Crippen LogP contribution in [0.3, 0.4) is 0 Å². The van der Waals surface area contributed by atoms with Crippen LogP contribution in [-0.4, -0.2) is 53.6 Å². The third-order valence-corrected chi connectivity index (χ3v) is 8.95. The molecule has 0 radical (unpaired) electrons. The molecule has 5 N–H and O–H groups in total. The van der Waals surface area contributed by atoms with Gasteiger partial charge in [0.05, 0.1) is 12.7 Å². The molecule has 270 valence electrons. The summed E-state index contributed by atoms with van der Waals surface area (Å²) >= 11 is 0. The summed E-state index contributed by atoms with van der Waals surface area (Å²) in [7, 11) is 1.60. The predicted octanol–water partition coefficient (Wildman–Crippen LogP) is 5.45. The number of rotatable bonds is 18. The second kappa shape index (κ2) is 18.9. The first-order valence-electron chi connectivity index (χ1n) is 17.3. The van der Waals surface area contributed by atoms with Crippen molar-refractivity contribution in [3.63, 3.8) is 0 Å². The number of carbonyl (C=O) groups is 4. The first kappa shape index (κ1) is 37.3. The second-order valence-electron chi connectivity index (χ2n) is 12.6. The average molecular weight is 705 g/mol. The van der Waals surface area contributed by atoms with E-state index in [0.29, 0.717) is 31.2 Å². The number of nitrogens with one attached hydrogen (secondary N) is 4. The van der Waals surface area contributed by atoms with Gasteiger partial charge in [-0.3, -0.25) is 19.6 Å². The molecule has 11 heteroatoms. The number of hydrogen-bond donors (Lipinski definition) is 5. The van der Waals surface area contributed by atoms with Crippen LogP contribution in [0.2, 0.25) is 0 Å². The van der Waals surface area contributed by atoms with Crippen molar-refractivity contribution in [2.45, 2.75) is 51.2 Å². The van der Waals surface area contributed by atoms with Crippen LogP contribution in [-0.2, 0) is 45.0 Å². The van der Waals surface area contributed by atoms with Crippen molar-refractivity contribution in [2.24, 2.45) is 5.92 Å². The van der Waals surface area contributed by atoms with Crippen LogP contribution in [0.4, 0.5) is 0 Å². The molecule has 0 spiro atoms. The van der Waals surface area contributed by atoms with E-state index in [0.717, 1.165) is 38.9 Å². The standard InChI is InChI=1S/C41H44N4O7/c1-51-34-20-16-28(17-21-34)10-7-11-32(25-38(46)45-50)39(47)44-37(24-33-26-43-36-13-6-5-12-35(33)36)40(48)42-23-22-29-14-18-31(19-15-29)41(49)52-27-30-8-3-2-4-9-30/h2-6,8-9,12-21,26,32,37,43,50H,7,10-11,22-25,27H2,1H3,(H,42,48)(H,44,47)(H,45,46)/t32-,37+/m1/s1. The topological polar surface area (TPSA) is 159 Å². The van der Waals surface area contributed by atoms with Crippen molar-refractivity contribution < 1.29 is 33.9 Å². The number of amides is 3. The molecule has 0 unspecified atom stereocenters. The van der Waals surface area contributed by atoms with Gasteiger partial charge in [-0.1, -0.05) is 72.8 Å². The fraction of sp³-hybridized carbons (Fsp3) is 0.268. The Kier molecular flexibility index (Phi) is 13.6. The zero-order chi connectivity index (χ0) is 36.7. The lowest BCUT2D eigenvalue weighted by atomic mass is 9.94.